The molecule has 2 rings (SSSR count). The Morgan fingerprint density at radius 1 is 1.39 bits per heavy atom. The summed E-state index contributed by atoms with van der Waals surface area (Å²) in [5, 5.41) is 13.9. The smallest absolute Gasteiger partial charge is 0.253 e. The van der Waals surface area contributed by atoms with Crippen molar-refractivity contribution in [1.29, 1.82) is 0 Å². The topological polar surface area (TPSA) is 71.5 Å². The molecule has 1 atom stereocenters. The number of rotatable bonds is 5. The Bertz CT molecular complexity index is 724. The molecule has 0 bridgehead atoms. The zero-order valence-corrected chi connectivity index (χ0v) is 14.3. The minimum Gasteiger partial charge on any atom is -0.497 e. The van der Waals surface area contributed by atoms with Crippen LogP contribution in [0.15, 0.2) is 24.3 Å². The molecule has 1 heterocycles. The number of carbonyl (C=O) groups is 1. The van der Waals surface area contributed by atoms with Crippen molar-refractivity contribution >= 4 is 16.8 Å². The van der Waals surface area contributed by atoms with Crippen LogP contribution in [0.1, 0.15) is 36.8 Å². The van der Waals surface area contributed by atoms with E-state index in [-0.39, 0.29) is 18.4 Å². The van der Waals surface area contributed by atoms with Crippen molar-refractivity contribution < 1.29 is 14.6 Å². The molecule has 5 heteroatoms. The standard InChI is InChI=1S/C18H24N2O3/c1-11(2)18(4,22)10-19-17(21)15-8-13-6-7-14(23-5)9-16(13)20-12(15)3/h6-9,11,22H,10H2,1-5H3,(H,19,21). The third-order valence-electron chi connectivity index (χ3n) is 4.31. The first-order valence-corrected chi connectivity index (χ1v) is 7.70. The molecule has 0 aliphatic carbocycles. The van der Waals surface area contributed by atoms with Crippen LogP contribution < -0.4 is 10.1 Å². The van der Waals surface area contributed by atoms with Gasteiger partial charge in [-0.3, -0.25) is 9.78 Å². The summed E-state index contributed by atoms with van der Waals surface area (Å²) in [6.07, 6.45) is 0. The van der Waals surface area contributed by atoms with Gasteiger partial charge in [-0.1, -0.05) is 13.8 Å². The first kappa shape index (κ1) is 17.2. The van der Waals surface area contributed by atoms with E-state index in [0.717, 1.165) is 16.7 Å². The van der Waals surface area contributed by atoms with Crippen LogP contribution in [0.3, 0.4) is 0 Å². The molecule has 0 spiro atoms. The molecule has 1 aromatic heterocycles. The van der Waals surface area contributed by atoms with Crippen LogP contribution in [0.4, 0.5) is 0 Å². The summed E-state index contributed by atoms with van der Waals surface area (Å²) in [7, 11) is 1.61. The maximum Gasteiger partial charge on any atom is 0.253 e. The zero-order chi connectivity index (χ0) is 17.2. The summed E-state index contributed by atoms with van der Waals surface area (Å²) in [6, 6.07) is 7.37. The predicted octanol–water partition coefficient (Wildman–Crippen LogP) is 2.69. The molecule has 23 heavy (non-hydrogen) atoms. The van der Waals surface area contributed by atoms with Gasteiger partial charge in [0.25, 0.3) is 5.91 Å². The second kappa shape index (κ2) is 6.54. The number of methoxy groups -OCH3 is 1. The van der Waals surface area contributed by atoms with Gasteiger partial charge in [0.15, 0.2) is 0 Å². The highest BCUT2D eigenvalue weighted by molar-refractivity contribution is 5.98. The largest absolute Gasteiger partial charge is 0.497 e. The second-order valence-electron chi connectivity index (χ2n) is 6.37. The lowest BCUT2D eigenvalue weighted by molar-refractivity contribution is 0.0142. The molecule has 0 radical (unpaired) electrons. The Kier molecular flexibility index (Phi) is 4.90. The van der Waals surface area contributed by atoms with E-state index in [2.05, 4.69) is 10.3 Å². The zero-order valence-electron chi connectivity index (χ0n) is 14.3. The number of carbonyl (C=O) groups excluding carboxylic acids is 1. The normalized spacial score (nSPS) is 13.9. The highest BCUT2D eigenvalue weighted by atomic mass is 16.5. The van der Waals surface area contributed by atoms with Crippen molar-refractivity contribution in [2.75, 3.05) is 13.7 Å². The second-order valence-corrected chi connectivity index (χ2v) is 6.37. The molecular formula is C18H24N2O3. The van der Waals surface area contributed by atoms with Crippen molar-refractivity contribution in [3.8, 4) is 5.75 Å². The van der Waals surface area contributed by atoms with Crippen molar-refractivity contribution in [2.45, 2.75) is 33.3 Å². The SMILES string of the molecule is COc1ccc2cc(C(=O)NCC(C)(O)C(C)C)c(C)nc2c1. The van der Waals surface area contributed by atoms with Crippen LogP contribution in [-0.4, -0.2) is 35.3 Å². The maximum absolute atomic E-state index is 12.4. The van der Waals surface area contributed by atoms with E-state index in [1.54, 1.807) is 21.0 Å². The highest BCUT2D eigenvalue weighted by Crippen LogP contribution is 2.22. The summed E-state index contributed by atoms with van der Waals surface area (Å²) in [4.78, 5) is 16.9. The van der Waals surface area contributed by atoms with Gasteiger partial charge in [-0.2, -0.15) is 0 Å². The summed E-state index contributed by atoms with van der Waals surface area (Å²) in [6.45, 7) is 7.55. The minimum absolute atomic E-state index is 0.0473. The van der Waals surface area contributed by atoms with Gasteiger partial charge in [-0.15, -0.1) is 0 Å². The number of amides is 1. The molecule has 1 aromatic carbocycles. The van der Waals surface area contributed by atoms with Gasteiger partial charge in [-0.05, 0) is 38.0 Å². The Morgan fingerprint density at radius 2 is 2.09 bits per heavy atom. The van der Waals surface area contributed by atoms with Gasteiger partial charge in [0.2, 0.25) is 0 Å². The fourth-order valence-electron chi connectivity index (χ4n) is 2.16. The quantitative estimate of drug-likeness (QED) is 0.889. The van der Waals surface area contributed by atoms with Crippen molar-refractivity contribution in [3.05, 3.63) is 35.5 Å². The van der Waals surface area contributed by atoms with Crippen LogP contribution >= 0.6 is 0 Å². The Balaban J connectivity index is 2.25. The molecule has 0 saturated carbocycles. The van der Waals surface area contributed by atoms with E-state index in [4.69, 9.17) is 4.74 Å². The summed E-state index contributed by atoms with van der Waals surface area (Å²) < 4.78 is 5.19. The number of aromatic nitrogens is 1. The Morgan fingerprint density at radius 3 is 2.70 bits per heavy atom. The van der Waals surface area contributed by atoms with E-state index in [1.807, 2.05) is 38.1 Å². The molecule has 0 aliphatic heterocycles. The van der Waals surface area contributed by atoms with Gasteiger partial charge >= 0.3 is 0 Å². The molecule has 0 fully saturated rings. The first-order valence-electron chi connectivity index (χ1n) is 7.70. The number of fused-ring (bicyclic) bond motifs is 1. The summed E-state index contributed by atoms with van der Waals surface area (Å²) in [5.41, 5.74) is 1.00. The van der Waals surface area contributed by atoms with Crippen LogP contribution in [0.5, 0.6) is 5.75 Å². The molecule has 1 unspecified atom stereocenters. The fourth-order valence-corrected chi connectivity index (χ4v) is 2.16. The van der Waals surface area contributed by atoms with E-state index >= 15 is 0 Å². The van der Waals surface area contributed by atoms with Crippen molar-refractivity contribution in [2.24, 2.45) is 5.92 Å². The fraction of sp³-hybridized carbons (Fsp3) is 0.444. The Labute approximate surface area is 136 Å². The number of hydrogen-bond donors (Lipinski definition) is 2. The molecule has 2 N–H and O–H groups in total. The average molecular weight is 316 g/mol. The number of nitrogens with one attached hydrogen (secondary N) is 1. The first-order chi connectivity index (χ1) is 10.7. The summed E-state index contributed by atoms with van der Waals surface area (Å²) in [5.74, 6) is 0.550. The maximum atomic E-state index is 12.4. The number of ether oxygens (including phenoxy) is 1. The van der Waals surface area contributed by atoms with E-state index < -0.39 is 5.60 Å². The average Bonchev–Trinajstić information content (AvgIpc) is 2.51. The number of aliphatic hydroxyl groups is 1. The lowest BCUT2D eigenvalue weighted by Crippen LogP contribution is -2.44. The third-order valence-corrected chi connectivity index (χ3v) is 4.31. The molecule has 5 nitrogen and oxygen atoms in total. The van der Waals surface area contributed by atoms with Crippen molar-refractivity contribution in [3.63, 3.8) is 0 Å². The van der Waals surface area contributed by atoms with Crippen LogP contribution in [0.2, 0.25) is 0 Å². The lowest BCUT2D eigenvalue weighted by atomic mass is 9.92. The van der Waals surface area contributed by atoms with Gasteiger partial charge in [0.05, 0.1) is 29.5 Å². The number of hydrogen-bond acceptors (Lipinski definition) is 4. The third kappa shape index (κ3) is 3.79. The predicted molar refractivity (Wildman–Crippen MR) is 90.8 cm³/mol. The van der Waals surface area contributed by atoms with Crippen LogP contribution in [-0.2, 0) is 0 Å². The van der Waals surface area contributed by atoms with Crippen LogP contribution in [0, 0.1) is 12.8 Å². The highest BCUT2D eigenvalue weighted by Gasteiger charge is 2.26. The molecule has 0 saturated heterocycles. The number of pyridine rings is 1. The number of nitrogens with zero attached hydrogens (tertiary/aromatic N) is 1. The molecule has 124 valence electrons. The Hall–Kier alpha value is -2.14. The molecule has 2 aromatic rings. The van der Waals surface area contributed by atoms with E-state index in [9.17, 15) is 9.90 Å². The summed E-state index contributed by atoms with van der Waals surface area (Å²) >= 11 is 0. The van der Waals surface area contributed by atoms with Gasteiger partial charge in [0.1, 0.15) is 5.75 Å². The molecule has 0 aliphatic rings. The van der Waals surface area contributed by atoms with E-state index in [1.165, 1.54) is 0 Å². The monoisotopic (exact) mass is 316 g/mol. The molecular weight excluding hydrogens is 292 g/mol. The molecule has 1 amide bonds. The van der Waals surface area contributed by atoms with Crippen molar-refractivity contribution in [1.82, 2.24) is 10.3 Å². The lowest BCUT2D eigenvalue weighted by Gasteiger charge is -2.27. The van der Waals surface area contributed by atoms with Crippen LogP contribution in [0.25, 0.3) is 10.9 Å². The van der Waals surface area contributed by atoms with Gasteiger partial charge in [-0.25, -0.2) is 0 Å². The number of aryl methyl sites for hydroxylation is 1. The van der Waals surface area contributed by atoms with E-state index in [0.29, 0.717) is 11.3 Å². The van der Waals surface area contributed by atoms with Gasteiger partial charge < -0.3 is 15.2 Å². The van der Waals surface area contributed by atoms with Gasteiger partial charge in [0, 0.05) is 18.0 Å². The minimum atomic E-state index is -0.943. The number of benzene rings is 1.